The highest BCUT2D eigenvalue weighted by Crippen LogP contribution is 2.43. The van der Waals surface area contributed by atoms with Gasteiger partial charge in [0.1, 0.15) is 0 Å². The first-order valence-electron chi connectivity index (χ1n) is 6.47. The lowest BCUT2D eigenvalue weighted by molar-refractivity contribution is -0.123. The molecule has 0 spiro atoms. The number of nitrogens with one attached hydrogen (secondary N) is 1. The second-order valence-corrected chi connectivity index (χ2v) is 6.46. The van der Waals surface area contributed by atoms with Gasteiger partial charge in [-0.05, 0) is 32.1 Å². The normalized spacial score (nSPS) is 31.5. The monoisotopic (exact) mass is 266 g/mol. The maximum absolute atomic E-state index is 12.1. The quantitative estimate of drug-likeness (QED) is 0.903. The van der Waals surface area contributed by atoms with Crippen molar-refractivity contribution in [1.29, 1.82) is 0 Å². The van der Waals surface area contributed by atoms with E-state index < -0.39 is 0 Å². The first-order valence-corrected chi connectivity index (χ1v) is 7.35. The molecule has 18 heavy (non-hydrogen) atoms. The van der Waals surface area contributed by atoms with Crippen LogP contribution in [0.5, 0.6) is 0 Å². The van der Waals surface area contributed by atoms with Crippen LogP contribution < -0.4 is 5.32 Å². The molecule has 5 heteroatoms. The van der Waals surface area contributed by atoms with E-state index >= 15 is 0 Å². The summed E-state index contributed by atoms with van der Waals surface area (Å²) in [5.74, 6) is 0.735. The summed E-state index contributed by atoms with van der Waals surface area (Å²) >= 11 is 1.52. The molecule has 98 valence electrons. The third kappa shape index (κ3) is 2.42. The predicted octanol–water partition coefficient (Wildman–Crippen LogP) is 1.76. The molecular weight excluding hydrogens is 248 g/mol. The molecule has 1 saturated heterocycles. The molecule has 1 aromatic heterocycles. The number of hydrogen-bond acceptors (Lipinski definition) is 4. The fourth-order valence-corrected chi connectivity index (χ4v) is 3.36. The second kappa shape index (κ2) is 4.63. The van der Waals surface area contributed by atoms with E-state index in [0.29, 0.717) is 12.3 Å². The maximum Gasteiger partial charge on any atom is 0.225 e. The van der Waals surface area contributed by atoms with Crippen LogP contribution in [0.1, 0.15) is 31.1 Å². The Labute approximate surface area is 111 Å². The van der Waals surface area contributed by atoms with E-state index in [0.717, 1.165) is 17.9 Å². The molecule has 1 N–H and O–H groups in total. The molecular formula is C13H18N2O2S. The van der Waals surface area contributed by atoms with Crippen molar-refractivity contribution in [3.63, 3.8) is 0 Å². The third-order valence-corrected chi connectivity index (χ3v) is 4.62. The van der Waals surface area contributed by atoms with Gasteiger partial charge in [0, 0.05) is 17.7 Å². The number of hydrogen-bond donors (Lipinski definition) is 1. The number of carbonyl (C=O) groups is 1. The van der Waals surface area contributed by atoms with Gasteiger partial charge < -0.3 is 10.1 Å². The fraction of sp³-hybridized carbons (Fsp3) is 0.692. The largest absolute Gasteiger partial charge is 0.375 e. The van der Waals surface area contributed by atoms with Crippen LogP contribution in [0.25, 0.3) is 0 Å². The summed E-state index contributed by atoms with van der Waals surface area (Å²) in [5.41, 5.74) is 1.58. The molecule has 0 radical (unpaired) electrons. The van der Waals surface area contributed by atoms with Gasteiger partial charge >= 0.3 is 0 Å². The molecule has 4 nitrogen and oxygen atoms in total. The van der Waals surface area contributed by atoms with Crippen molar-refractivity contribution in [2.24, 2.45) is 5.92 Å². The van der Waals surface area contributed by atoms with Crippen molar-refractivity contribution in [3.05, 3.63) is 16.6 Å². The highest BCUT2D eigenvalue weighted by Gasteiger charge is 2.48. The SMILES string of the molecule is CC1(NC(=O)Cc2cncs2)CCOC1C1CC1. The zero-order chi connectivity index (χ0) is 12.6. The van der Waals surface area contributed by atoms with Crippen molar-refractivity contribution in [2.45, 2.75) is 44.2 Å². The molecule has 0 aromatic carbocycles. The van der Waals surface area contributed by atoms with Gasteiger partial charge in [-0.2, -0.15) is 0 Å². The van der Waals surface area contributed by atoms with E-state index in [-0.39, 0.29) is 17.6 Å². The zero-order valence-corrected chi connectivity index (χ0v) is 11.3. The Kier molecular flexibility index (Phi) is 3.11. The summed E-state index contributed by atoms with van der Waals surface area (Å²) in [4.78, 5) is 17.1. The van der Waals surface area contributed by atoms with E-state index in [9.17, 15) is 4.79 Å². The number of thiazole rings is 1. The molecule has 1 aliphatic heterocycles. The third-order valence-electron chi connectivity index (χ3n) is 3.84. The number of aromatic nitrogens is 1. The van der Waals surface area contributed by atoms with Crippen LogP contribution in [-0.4, -0.2) is 29.1 Å². The van der Waals surface area contributed by atoms with Gasteiger partial charge in [0.15, 0.2) is 0 Å². The van der Waals surface area contributed by atoms with Crippen LogP contribution in [0.15, 0.2) is 11.7 Å². The summed E-state index contributed by atoms with van der Waals surface area (Å²) in [6, 6.07) is 0. The summed E-state index contributed by atoms with van der Waals surface area (Å²) in [6.45, 7) is 2.88. The molecule has 2 atom stereocenters. The Morgan fingerprint density at radius 2 is 2.50 bits per heavy atom. The van der Waals surface area contributed by atoms with Crippen LogP contribution in [0.2, 0.25) is 0 Å². The molecule has 1 aliphatic carbocycles. The van der Waals surface area contributed by atoms with Gasteiger partial charge in [-0.25, -0.2) is 0 Å². The fourth-order valence-electron chi connectivity index (χ4n) is 2.76. The number of ether oxygens (including phenoxy) is 1. The molecule has 2 unspecified atom stereocenters. The van der Waals surface area contributed by atoms with Crippen molar-refractivity contribution in [3.8, 4) is 0 Å². The average Bonchev–Trinajstić information content (AvgIpc) is 2.89. The lowest BCUT2D eigenvalue weighted by atomic mass is 9.90. The number of rotatable bonds is 4. The lowest BCUT2D eigenvalue weighted by Crippen LogP contribution is -2.52. The molecule has 2 heterocycles. The molecule has 0 bridgehead atoms. The minimum atomic E-state index is -0.178. The van der Waals surface area contributed by atoms with Gasteiger partial charge in [0.2, 0.25) is 5.91 Å². The van der Waals surface area contributed by atoms with E-state index in [4.69, 9.17) is 4.74 Å². The van der Waals surface area contributed by atoms with E-state index in [1.54, 1.807) is 11.7 Å². The number of nitrogens with zero attached hydrogens (tertiary/aromatic N) is 1. The highest BCUT2D eigenvalue weighted by atomic mass is 32.1. The molecule has 2 aliphatic rings. The molecule has 1 amide bonds. The predicted molar refractivity (Wildman–Crippen MR) is 69.4 cm³/mol. The minimum Gasteiger partial charge on any atom is -0.375 e. The first kappa shape index (κ1) is 12.1. The van der Waals surface area contributed by atoms with Crippen LogP contribution in [0.4, 0.5) is 0 Å². The smallest absolute Gasteiger partial charge is 0.225 e. The van der Waals surface area contributed by atoms with Crippen molar-refractivity contribution < 1.29 is 9.53 Å². The molecule has 1 aromatic rings. The standard InChI is InChI=1S/C13H18N2O2S/c1-13(4-5-17-12(13)9-2-3-9)15-11(16)6-10-7-14-8-18-10/h7-9,12H,2-6H2,1H3,(H,15,16). The van der Waals surface area contributed by atoms with Gasteiger partial charge in [-0.1, -0.05) is 0 Å². The van der Waals surface area contributed by atoms with Gasteiger partial charge in [0.05, 0.1) is 23.6 Å². The summed E-state index contributed by atoms with van der Waals surface area (Å²) < 4.78 is 5.80. The Hall–Kier alpha value is -0.940. The maximum atomic E-state index is 12.1. The topological polar surface area (TPSA) is 51.2 Å². The average molecular weight is 266 g/mol. The summed E-state index contributed by atoms with van der Waals surface area (Å²) in [6.07, 6.45) is 5.80. The summed E-state index contributed by atoms with van der Waals surface area (Å²) in [5, 5.41) is 3.18. The highest BCUT2D eigenvalue weighted by molar-refractivity contribution is 7.09. The molecule has 3 rings (SSSR count). The van der Waals surface area contributed by atoms with Crippen LogP contribution in [0.3, 0.4) is 0 Å². The Morgan fingerprint density at radius 3 is 3.17 bits per heavy atom. The van der Waals surface area contributed by atoms with Crippen LogP contribution in [-0.2, 0) is 16.0 Å². The molecule has 1 saturated carbocycles. The Balaban J connectivity index is 1.62. The van der Waals surface area contributed by atoms with Crippen molar-refractivity contribution >= 4 is 17.2 Å². The van der Waals surface area contributed by atoms with E-state index in [2.05, 4.69) is 17.2 Å². The number of amides is 1. The van der Waals surface area contributed by atoms with Crippen LogP contribution in [0, 0.1) is 5.92 Å². The minimum absolute atomic E-state index is 0.0814. The van der Waals surface area contributed by atoms with Gasteiger partial charge in [0.25, 0.3) is 0 Å². The van der Waals surface area contributed by atoms with Gasteiger partial charge in [-0.3, -0.25) is 9.78 Å². The first-order chi connectivity index (χ1) is 8.67. The van der Waals surface area contributed by atoms with Crippen molar-refractivity contribution in [1.82, 2.24) is 10.3 Å². The van der Waals surface area contributed by atoms with Crippen LogP contribution >= 0.6 is 11.3 Å². The van der Waals surface area contributed by atoms with E-state index in [1.165, 1.54) is 24.2 Å². The Morgan fingerprint density at radius 1 is 1.67 bits per heavy atom. The van der Waals surface area contributed by atoms with Crippen molar-refractivity contribution in [2.75, 3.05) is 6.61 Å². The molecule has 2 fully saturated rings. The number of carbonyl (C=O) groups excluding carboxylic acids is 1. The zero-order valence-electron chi connectivity index (χ0n) is 10.5. The Bertz CT molecular complexity index is 430. The van der Waals surface area contributed by atoms with E-state index in [1.807, 2.05) is 0 Å². The second-order valence-electron chi connectivity index (χ2n) is 5.49. The summed E-state index contributed by atoms with van der Waals surface area (Å²) in [7, 11) is 0. The van der Waals surface area contributed by atoms with Gasteiger partial charge in [-0.15, -0.1) is 11.3 Å². The lowest BCUT2D eigenvalue weighted by Gasteiger charge is -2.31.